The topological polar surface area (TPSA) is 69.6 Å². The molecule has 0 aliphatic rings. The Kier molecular flexibility index (Phi) is 5.62. The van der Waals surface area contributed by atoms with Crippen LogP contribution in [0.25, 0.3) is 0 Å². The SMILES string of the molecule is CC(CN(C)C(=O)NC(C)c1ccc(Cl)s1)C(=O)O. The van der Waals surface area contributed by atoms with E-state index in [4.69, 9.17) is 16.7 Å². The van der Waals surface area contributed by atoms with Crippen molar-refractivity contribution in [2.75, 3.05) is 13.6 Å². The Labute approximate surface area is 121 Å². The van der Waals surface area contributed by atoms with Gasteiger partial charge in [-0.1, -0.05) is 18.5 Å². The number of hydrogen-bond donors (Lipinski definition) is 2. The molecule has 0 aliphatic heterocycles. The first-order valence-electron chi connectivity index (χ1n) is 5.81. The highest BCUT2D eigenvalue weighted by Crippen LogP contribution is 2.26. The van der Waals surface area contributed by atoms with E-state index in [1.165, 1.54) is 16.2 Å². The first kappa shape index (κ1) is 15.8. The lowest BCUT2D eigenvalue weighted by atomic mass is 10.2. The molecule has 1 rings (SSSR count). The number of carbonyl (C=O) groups excluding carboxylic acids is 1. The molecule has 2 unspecified atom stereocenters. The normalized spacial score (nSPS) is 13.7. The lowest BCUT2D eigenvalue weighted by molar-refractivity contribution is -0.141. The summed E-state index contributed by atoms with van der Waals surface area (Å²) in [5, 5.41) is 11.6. The van der Waals surface area contributed by atoms with Gasteiger partial charge in [-0.2, -0.15) is 0 Å². The molecule has 7 heteroatoms. The fourth-order valence-electron chi connectivity index (χ4n) is 1.50. The zero-order chi connectivity index (χ0) is 14.6. The third-order valence-corrected chi connectivity index (χ3v) is 4.09. The molecule has 1 heterocycles. The largest absolute Gasteiger partial charge is 0.481 e. The van der Waals surface area contributed by atoms with Crippen LogP contribution in [0.3, 0.4) is 0 Å². The van der Waals surface area contributed by atoms with Crippen molar-refractivity contribution >= 4 is 34.9 Å². The van der Waals surface area contributed by atoms with Gasteiger partial charge in [0.25, 0.3) is 0 Å². The van der Waals surface area contributed by atoms with Crippen LogP contribution in [0.1, 0.15) is 24.8 Å². The summed E-state index contributed by atoms with van der Waals surface area (Å²) in [6.45, 7) is 3.59. The van der Waals surface area contributed by atoms with Crippen LogP contribution in [-0.2, 0) is 4.79 Å². The van der Waals surface area contributed by atoms with E-state index < -0.39 is 11.9 Å². The lowest BCUT2D eigenvalue weighted by Gasteiger charge is -2.22. The third kappa shape index (κ3) is 4.72. The maximum Gasteiger partial charge on any atom is 0.317 e. The molecule has 5 nitrogen and oxygen atoms in total. The highest BCUT2D eigenvalue weighted by molar-refractivity contribution is 7.16. The number of urea groups is 1. The molecular formula is C12H17ClN2O3S. The first-order valence-corrected chi connectivity index (χ1v) is 7.00. The van der Waals surface area contributed by atoms with Crippen molar-refractivity contribution < 1.29 is 14.7 Å². The molecule has 19 heavy (non-hydrogen) atoms. The first-order chi connectivity index (χ1) is 8.81. The van der Waals surface area contributed by atoms with Crippen molar-refractivity contribution in [1.29, 1.82) is 0 Å². The number of thiophene rings is 1. The van der Waals surface area contributed by atoms with Gasteiger partial charge in [0.2, 0.25) is 0 Å². The second kappa shape index (κ2) is 6.77. The number of aliphatic carboxylic acids is 1. The molecule has 0 fully saturated rings. The number of nitrogens with zero attached hydrogens (tertiary/aromatic N) is 1. The predicted octanol–water partition coefficient (Wildman–Crippen LogP) is 2.82. The Bertz CT molecular complexity index is 464. The standard InChI is InChI=1S/C12H17ClN2O3S/c1-7(11(16)17)6-15(3)12(18)14-8(2)9-4-5-10(13)19-9/h4-5,7-8H,6H2,1-3H3,(H,14,18)(H,16,17). The Morgan fingerprint density at radius 1 is 1.47 bits per heavy atom. The fraction of sp³-hybridized carbons (Fsp3) is 0.500. The predicted molar refractivity (Wildman–Crippen MR) is 75.7 cm³/mol. The van der Waals surface area contributed by atoms with E-state index in [0.717, 1.165) is 4.88 Å². The molecular weight excluding hydrogens is 288 g/mol. The highest BCUT2D eigenvalue weighted by atomic mass is 35.5. The summed E-state index contributed by atoms with van der Waals surface area (Å²) in [6.07, 6.45) is 0. The van der Waals surface area contributed by atoms with Gasteiger partial charge in [-0.15, -0.1) is 11.3 Å². The summed E-state index contributed by atoms with van der Waals surface area (Å²) in [6, 6.07) is 3.18. The van der Waals surface area contributed by atoms with Crippen molar-refractivity contribution in [3.05, 3.63) is 21.3 Å². The van der Waals surface area contributed by atoms with Gasteiger partial charge in [-0.3, -0.25) is 4.79 Å². The molecule has 106 valence electrons. The lowest BCUT2D eigenvalue weighted by Crippen LogP contribution is -2.41. The zero-order valence-corrected chi connectivity index (χ0v) is 12.6. The molecule has 0 saturated heterocycles. The minimum atomic E-state index is -0.919. The van der Waals surface area contributed by atoms with Gasteiger partial charge in [0, 0.05) is 18.5 Å². The van der Waals surface area contributed by atoms with Crippen LogP contribution in [0.2, 0.25) is 4.34 Å². The van der Waals surface area contributed by atoms with Crippen LogP contribution in [-0.4, -0.2) is 35.6 Å². The summed E-state index contributed by atoms with van der Waals surface area (Å²) < 4.78 is 0.670. The quantitative estimate of drug-likeness (QED) is 0.879. The van der Waals surface area contributed by atoms with Gasteiger partial charge < -0.3 is 15.3 Å². The molecule has 0 spiro atoms. The van der Waals surface area contributed by atoms with E-state index in [1.54, 1.807) is 20.0 Å². The molecule has 1 aromatic heterocycles. The highest BCUT2D eigenvalue weighted by Gasteiger charge is 2.19. The molecule has 2 amide bonds. The maximum atomic E-state index is 11.9. The smallest absolute Gasteiger partial charge is 0.317 e. The van der Waals surface area contributed by atoms with Crippen LogP contribution in [0, 0.1) is 5.92 Å². The van der Waals surface area contributed by atoms with Crippen LogP contribution in [0.15, 0.2) is 12.1 Å². The summed E-state index contributed by atoms with van der Waals surface area (Å²) in [5.41, 5.74) is 0. The van der Waals surface area contributed by atoms with Crippen LogP contribution >= 0.6 is 22.9 Å². The number of rotatable bonds is 5. The van der Waals surface area contributed by atoms with E-state index >= 15 is 0 Å². The second-order valence-corrected chi connectivity index (χ2v) is 6.18. The van der Waals surface area contributed by atoms with Crippen LogP contribution in [0.5, 0.6) is 0 Å². The minimum absolute atomic E-state index is 0.160. The number of halogens is 1. The van der Waals surface area contributed by atoms with Crippen molar-refractivity contribution in [1.82, 2.24) is 10.2 Å². The second-order valence-electron chi connectivity index (χ2n) is 4.43. The van der Waals surface area contributed by atoms with Gasteiger partial charge in [-0.25, -0.2) is 4.79 Å². The summed E-state index contributed by atoms with van der Waals surface area (Å²) >= 11 is 7.24. The fourth-order valence-corrected chi connectivity index (χ4v) is 2.56. The summed E-state index contributed by atoms with van der Waals surface area (Å²) in [5.74, 6) is -1.51. The van der Waals surface area contributed by atoms with Crippen LogP contribution in [0.4, 0.5) is 4.79 Å². The Morgan fingerprint density at radius 3 is 2.58 bits per heavy atom. The number of carboxylic acids is 1. The average Bonchev–Trinajstić information content (AvgIpc) is 2.75. The Morgan fingerprint density at radius 2 is 2.11 bits per heavy atom. The summed E-state index contributed by atoms with van der Waals surface area (Å²) in [4.78, 5) is 24.9. The van der Waals surface area contributed by atoms with Crippen molar-refractivity contribution in [2.24, 2.45) is 5.92 Å². The van der Waals surface area contributed by atoms with E-state index in [0.29, 0.717) is 4.34 Å². The number of carboxylic acid groups (broad SMARTS) is 1. The molecule has 2 atom stereocenters. The zero-order valence-electron chi connectivity index (χ0n) is 11.0. The Hall–Kier alpha value is -1.27. The monoisotopic (exact) mass is 304 g/mol. The third-order valence-electron chi connectivity index (χ3n) is 2.68. The van der Waals surface area contributed by atoms with Gasteiger partial charge >= 0.3 is 12.0 Å². The van der Waals surface area contributed by atoms with E-state index in [1.807, 2.05) is 13.0 Å². The van der Waals surface area contributed by atoms with Crippen molar-refractivity contribution in [2.45, 2.75) is 19.9 Å². The van der Waals surface area contributed by atoms with Gasteiger partial charge in [0.15, 0.2) is 0 Å². The van der Waals surface area contributed by atoms with Crippen molar-refractivity contribution in [3.8, 4) is 0 Å². The van der Waals surface area contributed by atoms with Crippen LogP contribution < -0.4 is 5.32 Å². The Balaban J connectivity index is 2.52. The van der Waals surface area contributed by atoms with E-state index in [9.17, 15) is 9.59 Å². The molecule has 1 aromatic rings. The molecule has 2 N–H and O–H groups in total. The number of amides is 2. The summed E-state index contributed by atoms with van der Waals surface area (Å²) in [7, 11) is 1.57. The van der Waals surface area contributed by atoms with Gasteiger partial charge in [0.1, 0.15) is 0 Å². The number of nitrogens with one attached hydrogen (secondary N) is 1. The van der Waals surface area contributed by atoms with Gasteiger partial charge in [0.05, 0.1) is 16.3 Å². The minimum Gasteiger partial charge on any atom is -0.481 e. The van der Waals surface area contributed by atoms with E-state index in [2.05, 4.69) is 5.32 Å². The number of hydrogen-bond acceptors (Lipinski definition) is 3. The molecule has 0 saturated carbocycles. The average molecular weight is 305 g/mol. The number of carbonyl (C=O) groups is 2. The maximum absolute atomic E-state index is 11.9. The van der Waals surface area contributed by atoms with Gasteiger partial charge in [-0.05, 0) is 19.1 Å². The molecule has 0 aliphatic carbocycles. The van der Waals surface area contributed by atoms with E-state index in [-0.39, 0.29) is 18.6 Å². The molecule has 0 radical (unpaired) electrons. The molecule has 0 bridgehead atoms. The molecule has 0 aromatic carbocycles. The van der Waals surface area contributed by atoms with Crippen molar-refractivity contribution in [3.63, 3.8) is 0 Å².